The first-order chi connectivity index (χ1) is 8.65. The smallest absolute Gasteiger partial charge is 0.125 e. The average molecular weight is 241 g/mol. The SMILES string of the molecule is Cn1c(-c2ccc(N)nc2)cc2ccc(F)cc21. The number of aromatic nitrogens is 2. The Morgan fingerprint density at radius 1 is 1.17 bits per heavy atom. The Labute approximate surface area is 104 Å². The molecule has 0 bridgehead atoms. The van der Waals surface area contributed by atoms with Crippen molar-refractivity contribution in [3.05, 3.63) is 48.4 Å². The Bertz CT molecular complexity index is 714. The minimum atomic E-state index is -0.231. The first-order valence-corrected chi connectivity index (χ1v) is 5.62. The second-order valence-corrected chi connectivity index (χ2v) is 4.26. The predicted octanol–water partition coefficient (Wildman–Crippen LogP) is 2.96. The zero-order chi connectivity index (χ0) is 12.7. The topological polar surface area (TPSA) is 43.8 Å². The molecule has 0 aliphatic heterocycles. The molecule has 1 aromatic carbocycles. The van der Waals surface area contributed by atoms with Gasteiger partial charge in [0.15, 0.2) is 0 Å². The molecule has 0 unspecified atom stereocenters. The molecule has 3 nitrogen and oxygen atoms in total. The molecule has 0 aliphatic rings. The van der Waals surface area contributed by atoms with Gasteiger partial charge in [-0.3, -0.25) is 0 Å². The van der Waals surface area contributed by atoms with Gasteiger partial charge < -0.3 is 10.3 Å². The minimum Gasteiger partial charge on any atom is -0.384 e. The van der Waals surface area contributed by atoms with E-state index in [1.54, 1.807) is 18.3 Å². The van der Waals surface area contributed by atoms with E-state index in [2.05, 4.69) is 4.98 Å². The number of anilines is 1. The predicted molar refractivity (Wildman–Crippen MR) is 70.5 cm³/mol. The van der Waals surface area contributed by atoms with E-state index in [1.807, 2.05) is 23.7 Å². The molecule has 4 heteroatoms. The number of nitrogen functional groups attached to an aromatic ring is 1. The summed E-state index contributed by atoms with van der Waals surface area (Å²) in [5.41, 5.74) is 8.38. The Hall–Kier alpha value is -2.36. The van der Waals surface area contributed by atoms with Gasteiger partial charge in [0.05, 0.1) is 11.2 Å². The number of hydrogen-bond acceptors (Lipinski definition) is 2. The fraction of sp³-hybridized carbons (Fsp3) is 0.0714. The summed E-state index contributed by atoms with van der Waals surface area (Å²) < 4.78 is 15.2. The number of halogens is 1. The third-order valence-corrected chi connectivity index (χ3v) is 3.09. The van der Waals surface area contributed by atoms with Crippen LogP contribution in [0.5, 0.6) is 0 Å². The molecule has 0 spiro atoms. The van der Waals surface area contributed by atoms with Crippen LogP contribution in [-0.4, -0.2) is 9.55 Å². The van der Waals surface area contributed by atoms with Gasteiger partial charge >= 0.3 is 0 Å². The van der Waals surface area contributed by atoms with E-state index in [0.29, 0.717) is 5.82 Å². The maximum Gasteiger partial charge on any atom is 0.125 e. The molecule has 0 saturated heterocycles. The van der Waals surface area contributed by atoms with Crippen LogP contribution in [-0.2, 0) is 7.05 Å². The molecule has 0 radical (unpaired) electrons. The fourth-order valence-electron chi connectivity index (χ4n) is 2.14. The molecule has 90 valence electrons. The lowest BCUT2D eigenvalue weighted by molar-refractivity contribution is 0.629. The van der Waals surface area contributed by atoms with Gasteiger partial charge in [-0.15, -0.1) is 0 Å². The lowest BCUT2D eigenvalue weighted by Crippen LogP contribution is -1.93. The first kappa shape index (κ1) is 10.8. The third kappa shape index (κ3) is 1.62. The van der Waals surface area contributed by atoms with Crippen LogP contribution in [0.4, 0.5) is 10.2 Å². The maximum absolute atomic E-state index is 13.2. The molecule has 0 saturated carbocycles. The van der Waals surface area contributed by atoms with Crippen molar-refractivity contribution in [2.24, 2.45) is 7.05 Å². The lowest BCUT2D eigenvalue weighted by Gasteiger charge is -2.04. The summed E-state index contributed by atoms with van der Waals surface area (Å²) in [6.07, 6.45) is 1.72. The highest BCUT2D eigenvalue weighted by Gasteiger charge is 2.08. The van der Waals surface area contributed by atoms with E-state index in [-0.39, 0.29) is 5.82 Å². The van der Waals surface area contributed by atoms with Gasteiger partial charge in [0.1, 0.15) is 11.6 Å². The fourth-order valence-corrected chi connectivity index (χ4v) is 2.14. The largest absolute Gasteiger partial charge is 0.384 e. The maximum atomic E-state index is 13.2. The van der Waals surface area contributed by atoms with Crippen LogP contribution in [0, 0.1) is 5.82 Å². The first-order valence-electron chi connectivity index (χ1n) is 5.62. The summed E-state index contributed by atoms with van der Waals surface area (Å²) in [5, 5.41) is 1.01. The van der Waals surface area contributed by atoms with Crippen molar-refractivity contribution in [1.82, 2.24) is 9.55 Å². The average Bonchev–Trinajstić information content (AvgIpc) is 2.68. The van der Waals surface area contributed by atoms with E-state index in [9.17, 15) is 4.39 Å². The summed E-state index contributed by atoms with van der Waals surface area (Å²) in [4.78, 5) is 4.07. The zero-order valence-corrected chi connectivity index (χ0v) is 9.89. The van der Waals surface area contributed by atoms with Crippen LogP contribution in [0.3, 0.4) is 0 Å². The molecule has 3 aromatic rings. The Morgan fingerprint density at radius 2 is 2.00 bits per heavy atom. The number of nitrogens with two attached hydrogens (primary N) is 1. The molecule has 2 heterocycles. The van der Waals surface area contributed by atoms with E-state index < -0.39 is 0 Å². The van der Waals surface area contributed by atoms with Crippen LogP contribution >= 0.6 is 0 Å². The van der Waals surface area contributed by atoms with Crippen molar-refractivity contribution in [2.45, 2.75) is 0 Å². The highest BCUT2D eigenvalue weighted by Crippen LogP contribution is 2.27. The van der Waals surface area contributed by atoms with E-state index >= 15 is 0 Å². The summed E-state index contributed by atoms with van der Waals surface area (Å²) in [6, 6.07) is 10.5. The third-order valence-electron chi connectivity index (χ3n) is 3.09. The van der Waals surface area contributed by atoms with Crippen molar-refractivity contribution in [3.8, 4) is 11.3 Å². The van der Waals surface area contributed by atoms with Crippen LogP contribution < -0.4 is 5.73 Å². The summed E-state index contributed by atoms with van der Waals surface area (Å²) in [5.74, 6) is 0.259. The highest BCUT2D eigenvalue weighted by molar-refractivity contribution is 5.86. The molecule has 2 aromatic heterocycles. The number of benzene rings is 1. The second-order valence-electron chi connectivity index (χ2n) is 4.26. The minimum absolute atomic E-state index is 0.231. The molecule has 2 N–H and O–H groups in total. The highest BCUT2D eigenvalue weighted by atomic mass is 19.1. The molecule has 3 rings (SSSR count). The summed E-state index contributed by atoms with van der Waals surface area (Å²) >= 11 is 0. The van der Waals surface area contributed by atoms with Gasteiger partial charge in [-0.05, 0) is 36.4 Å². The molecule has 18 heavy (non-hydrogen) atoms. The summed E-state index contributed by atoms with van der Waals surface area (Å²) in [6.45, 7) is 0. The van der Waals surface area contributed by atoms with Crippen LogP contribution in [0.2, 0.25) is 0 Å². The van der Waals surface area contributed by atoms with Gasteiger partial charge in [-0.1, -0.05) is 0 Å². The van der Waals surface area contributed by atoms with E-state index in [4.69, 9.17) is 5.73 Å². The summed E-state index contributed by atoms with van der Waals surface area (Å²) in [7, 11) is 1.91. The monoisotopic (exact) mass is 241 g/mol. The van der Waals surface area contributed by atoms with Crippen molar-refractivity contribution < 1.29 is 4.39 Å². The van der Waals surface area contributed by atoms with Crippen LogP contribution in [0.25, 0.3) is 22.2 Å². The Kier molecular flexibility index (Phi) is 2.30. The van der Waals surface area contributed by atoms with Gasteiger partial charge in [-0.25, -0.2) is 9.37 Å². The van der Waals surface area contributed by atoms with Crippen molar-refractivity contribution in [2.75, 3.05) is 5.73 Å². The number of rotatable bonds is 1. The normalized spacial score (nSPS) is 11.0. The van der Waals surface area contributed by atoms with Crippen LogP contribution in [0.15, 0.2) is 42.6 Å². The number of fused-ring (bicyclic) bond motifs is 1. The van der Waals surface area contributed by atoms with Crippen LogP contribution in [0.1, 0.15) is 0 Å². The number of aryl methyl sites for hydroxylation is 1. The molecule has 0 fully saturated rings. The van der Waals surface area contributed by atoms with E-state index in [0.717, 1.165) is 22.2 Å². The molecule has 0 atom stereocenters. The Balaban J connectivity index is 2.23. The van der Waals surface area contributed by atoms with Crippen molar-refractivity contribution >= 4 is 16.7 Å². The molecule has 0 amide bonds. The van der Waals surface area contributed by atoms with Gasteiger partial charge in [0.2, 0.25) is 0 Å². The van der Waals surface area contributed by atoms with Gasteiger partial charge in [-0.2, -0.15) is 0 Å². The second kappa shape index (κ2) is 3.84. The van der Waals surface area contributed by atoms with Crippen molar-refractivity contribution in [1.29, 1.82) is 0 Å². The zero-order valence-electron chi connectivity index (χ0n) is 9.89. The van der Waals surface area contributed by atoms with E-state index in [1.165, 1.54) is 12.1 Å². The Morgan fingerprint density at radius 3 is 2.72 bits per heavy atom. The lowest BCUT2D eigenvalue weighted by atomic mass is 10.2. The quantitative estimate of drug-likeness (QED) is 0.711. The number of nitrogens with zero attached hydrogens (tertiary/aromatic N) is 2. The standard InChI is InChI=1S/C14H12FN3/c1-18-12(10-3-5-14(16)17-8-10)6-9-2-4-11(15)7-13(9)18/h2-8H,1H3,(H2,16,17). The van der Waals surface area contributed by atoms with Gasteiger partial charge in [0.25, 0.3) is 0 Å². The van der Waals surface area contributed by atoms with Gasteiger partial charge in [0, 0.05) is 24.2 Å². The number of hydrogen-bond donors (Lipinski definition) is 1. The number of pyridine rings is 1. The molecular formula is C14H12FN3. The molecular weight excluding hydrogens is 229 g/mol. The van der Waals surface area contributed by atoms with Crippen molar-refractivity contribution in [3.63, 3.8) is 0 Å². The molecule has 0 aliphatic carbocycles.